The van der Waals surface area contributed by atoms with Crippen LogP contribution in [0.3, 0.4) is 0 Å². The molecule has 1 aromatic heterocycles. The first-order valence-electron chi connectivity index (χ1n) is 7.54. The number of aromatic nitrogens is 2. The zero-order valence-corrected chi connectivity index (χ0v) is 13.2. The molecule has 5 heteroatoms. The lowest BCUT2D eigenvalue weighted by molar-refractivity contribution is 0.0769. The van der Waals surface area contributed by atoms with Crippen molar-refractivity contribution in [1.82, 2.24) is 15.1 Å². The van der Waals surface area contributed by atoms with Crippen molar-refractivity contribution < 1.29 is 9.53 Å². The Morgan fingerprint density at radius 1 is 1.17 bits per heavy atom. The number of hydrogen-bond donors (Lipinski definition) is 1. The number of carbonyl (C=O) groups is 1. The van der Waals surface area contributed by atoms with E-state index < -0.39 is 0 Å². The van der Waals surface area contributed by atoms with Gasteiger partial charge in [-0.25, -0.2) is 0 Å². The van der Waals surface area contributed by atoms with Gasteiger partial charge in [0.1, 0.15) is 12.4 Å². The van der Waals surface area contributed by atoms with Gasteiger partial charge in [0.2, 0.25) is 0 Å². The Kier molecular flexibility index (Phi) is 4.28. The van der Waals surface area contributed by atoms with Crippen LogP contribution in [0.15, 0.2) is 48.5 Å². The number of nitrogens with zero attached hydrogens (tertiary/aromatic N) is 2. The number of aromatic amines is 1. The first-order chi connectivity index (χ1) is 11.2. The van der Waals surface area contributed by atoms with Gasteiger partial charge < -0.3 is 9.64 Å². The summed E-state index contributed by atoms with van der Waals surface area (Å²) < 4.78 is 5.74. The van der Waals surface area contributed by atoms with Crippen LogP contribution < -0.4 is 4.74 Å². The van der Waals surface area contributed by atoms with Crippen LogP contribution in [-0.2, 0) is 0 Å². The Morgan fingerprint density at radius 3 is 2.74 bits per heavy atom. The summed E-state index contributed by atoms with van der Waals surface area (Å²) in [6.45, 7) is 2.93. The van der Waals surface area contributed by atoms with E-state index in [4.69, 9.17) is 4.74 Å². The van der Waals surface area contributed by atoms with Crippen LogP contribution >= 0.6 is 0 Å². The molecule has 0 fully saturated rings. The van der Waals surface area contributed by atoms with Gasteiger partial charge in [0, 0.05) is 12.4 Å². The van der Waals surface area contributed by atoms with Gasteiger partial charge in [-0.2, -0.15) is 5.10 Å². The number of para-hydroxylation sites is 2. The molecule has 0 aliphatic heterocycles. The average Bonchev–Trinajstić information content (AvgIpc) is 3.00. The molecule has 0 spiro atoms. The summed E-state index contributed by atoms with van der Waals surface area (Å²) in [7, 11) is 1.76. The number of benzene rings is 2. The van der Waals surface area contributed by atoms with Crippen LogP contribution in [0.2, 0.25) is 0 Å². The molecule has 0 bridgehead atoms. The molecule has 0 aliphatic carbocycles. The van der Waals surface area contributed by atoms with Gasteiger partial charge in [-0.15, -0.1) is 0 Å². The monoisotopic (exact) mass is 309 g/mol. The van der Waals surface area contributed by atoms with Crippen LogP contribution in [0, 0.1) is 6.92 Å². The van der Waals surface area contributed by atoms with Gasteiger partial charge >= 0.3 is 0 Å². The Hall–Kier alpha value is -2.82. The highest BCUT2D eigenvalue weighted by molar-refractivity contribution is 6.04. The minimum atomic E-state index is -0.115. The van der Waals surface area contributed by atoms with E-state index in [1.54, 1.807) is 11.9 Å². The summed E-state index contributed by atoms with van der Waals surface area (Å²) in [6.07, 6.45) is 0. The van der Waals surface area contributed by atoms with Crippen molar-refractivity contribution in [2.24, 2.45) is 0 Å². The Morgan fingerprint density at radius 2 is 1.91 bits per heavy atom. The lowest BCUT2D eigenvalue weighted by Crippen LogP contribution is -2.31. The zero-order valence-electron chi connectivity index (χ0n) is 13.2. The van der Waals surface area contributed by atoms with E-state index in [1.807, 2.05) is 55.5 Å². The third-order valence-corrected chi connectivity index (χ3v) is 3.80. The predicted octanol–water partition coefficient (Wildman–Crippen LogP) is 3.02. The third kappa shape index (κ3) is 3.18. The lowest BCUT2D eigenvalue weighted by Gasteiger charge is -2.17. The molecule has 1 heterocycles. The minimum absolute atomic E-state index is 0.115. The standard InChI is InChI=1S/C18H19N3O2/c1-13-7-3-6-10-16(13)23-12-11-21(2)18(22)17-14-8-4-5-9-15(14)19-20-17/h3-10H,11-12H2,1-2H3,(H,19,20). The fourth-order valence-corrected chi connectivity index (χ4v) is 2.42. The molecule has 118 valence electrons. The number of aryl methyl sites for hydroxylation is 1. The van der Waals surface area contributed by atoms with Crippen molar-refractivity contribution in [2.45, 2.75) is 6.92 Å². The molecule has 0 aliphatic rings. The lowest BCUT2D eigenvalue weighted by atomic mass is 10.2. The van der Waals surface area contributed by atoms with Crippen molar-refractivity contribution in [1.29, 1.82) is 0 Å². The molecule has 2 aromatic carbocycles. The van der Waals surface area contributed by atoms with Crippen molar-refractivity contribution in [3.63, 3.8) is 0 Å². The number of fused-ring (bicyclic) bond motifs is 1. The second kappa shape index (κ2) is 6.52. The predicted molar refractivity (Wildman–Crippen MR) is 89.7 cm³/mol. The second-order valence-electron chi connectivity index (χ2n) is 5.46. The summed E-state index contributed by atoms with van der Waals surface area (Å²) >= 11 is 0. The van der Waals surface area contributed by atoms with Crippen molar-refractivity contribution in [2.75, 3.05) is 20.2 Å². The highest BCUT2D eigenvalue weighted by Gasteiger charge is 2.17. The summed E-state index contributed by atoms with van der Waals surface area (Å²) in [5.41, 5.74) is 2.39. The number of carbonyl (C=O) groups excluding carboxylic acids is 1. The van der Waals surface area contributed by atoms with E-state index in [0.717, 1.165) is 22.2 Å². The molecule has 5 nitrogen and oxygen atoms in total. The van der Waals surface area contributed by atoms with E-state index >= 15 is 0 Å². The molecular weight excluding hydrogens is 290 g/mol. The highest BCUT2D eigenvalue weighted by atomic mass is 16.5. The maximum absolute atomic E-state index is 12.5. The SMILES string of the molecule is Cc1ccccc1OCCN(C)C(=O)c1n[nH]c2ccccc12. The number of hydrogen-bond acceptors (Lipinski definition) is 3. The van der Waals surface area contributed by atoms with E-state index in [-0.39, 0.29) is 5.91 Å². The topological polar surface area (TPSA) is 58.2 Å². The number of H-pyrrole nitrogens is 1. The summed E-state index contributed by atoms with van der Waals surface area (Å²) in [4.78, 5) is 14.1. The van der Waals surface area contributed by atoms with Gasteiger partial charge in [-0.05, 0) is 24.6 Å². The summed E-state index contributed by atoms with van der Waals surface area (Å²) in [6, 6.07) is 15.4. The molecular formula is C18H19N3O2. The van der Waals surface area contributed by atoms with Crippen molar-refractivity contribution in [3.05, 3.63) is 59.8 Å². The smallest absolute Gasteiger partial charge is 0.274 e. The minimum Gasteiger partial charge on any atom is -0.491 e. The number of likely N-dealkylation sites (N-methyl/N-ethyl adjacent to an activating group) is 1. The molecule has 23 heavy (non-hydrogen) atoms. The average molecular weight is 309 g/mol. The normalized spacial score (nSPS) is 10.7. The molecule has 3 aromatic rings. The van der Waals surface area contributed by atoms with Gasteiger partial charge in [-0.3, -0.25) is 9.89 Å². The number of ether oxygens (including phenoxy) is 1. The third-order valence-electron chi connectivity index (χ3n) is 3.80. The second-order valence-corrected chi connectivity index (χ2v) is 5.46. The van der Waals surface area contributed by atoms with Crippen molar-refractivity contribution >= 4 is 16.8 Å². The first-order valence-corrected chi connectivity index (χ1v) is 7.54. The van der Waals surface area contributed by atoms with E-state index in [9.17, 15) is 4.79 Å². The Labute approximate surface area is 134 Å². The van der Waals surface area contributed by atoms with Gasteiger partial charge in [0.25, 0.3) is 5.91 Å². The maximum Gasteiger partial charge on any atom is 0.274 e. The molecule has 0 atom stereocenters. The fraction of sp³-hybridized carbons (Fsp3) is 0.222. The van der Waals surface area contributed by atoms with E-state index in [1.165, 1.54) is 0 Å². The molecule has 0 saturated heterocycles. The zero-order chi connectivity index (χ0) is 16.2. The molecule has 0 unspecified atom stereocenters. The fourth-order valence-electron chi connectivity index (χ4n) is 2.42. The highest BCUT2D eigenvalue weighted by Crippen LogP contribution is 2.17. The van der Waals surface area contributed by atoms with E-state index in [2.05, 4.69) is 10.2 Å². The van der Waals surface area contributed by atoms with Crippen molar-refractivity contribution in [3.8, 4) is 5.75 Å². The quantitative estimate of drug-likeness (QED) is 0.788. The van der Waals surface area contributed by atoms with Gasteiger partial charge in [-0.1, -0.05) is 36.4 Å². The number of amides is 1. The Bertz CT molecular complexity index is 826. The summed E-state index contributed by atoms with van der Waals surface area (Å²) in [5, 5.41) is 7.86. The molecule has 0 radical (unpaired) electrons. The molecule has 1 N–H and O–H groups in total. The Balaban J connectivity index is 1.63. The van der Waals surface area contributed by atoms with Gasteiger partial charge in [0.15, 0.2) is 5.69 Å². The van der Waals surface area contributed by atoms with E-state index in [0.29, 0.717) is 18.8 Å². The van der Waals surface area contributed by atoms with Crippen LogP contribution in [0.4, 0.5) is 0 Å². The number of nitrogens with one attached hydrogen (secondary N) is 1. The first kappa shape index (κ1) is 15.1. The molecule has 1 amide bonds. The maximum atomic E-state index is 12.5. The summed E-state index contributed by atoms with van der Waals surface area (Å²) in [5.74, 6) is 0.731. The van der Waals surface area contributed by atoms with Gasteiger partial charge in [0.05, 0.1) is 12.1 Å². The van der Waals surface area contributed by atoms with Crippen LogP contribution in [0.1, 0.15) is 16.1 Å². The van der Waals surface area contributed by atoms with Crippen LogP contribution in [0.25, 0.3) is 10.9 Å². The molecule has 3 rings (SSSR count). The van der Waals surface area contributed by atoms with Crippen LogP contribution in [-0.4, -0.2) is 41.2 Å². The number of rotatable bonds is 5. The van der Waals surface area contributed by atoms with Crippen LogP contribution in [0.5, 0.6) is 5.75 Å². The largest absolute Gasteiger partial charge is 0.491 e. The molecule has 0 saturated carbocycles.